The first-order chi connectivity index (χ1) is 20.9. The van der Waals surface area contributed by atoms with Gasteiger partial charge in [-0.05, 0) is 83.9 Å². The van der Waals surface area contributed by atoms with Crippen LogP contribution in [-0.2, 0) is 0 Å². The standard InChI is InChI=1S/C36H28N2.2C2H6/c1-5-13-31(14-6-1)37(32-15-7-2-8-16-32)35-25-21-29(22-26-35)30-23-27-36(28-24-30)38(33-17-9-3-10-18-33)34-19-11-4-12-20-34;2*1-2/h1-28H;2*1-2H3. The Morgan fingerprint density at radius 3 is 0.643 bits per heavy atom. The molecule has 0 saturated carbocycles. The summed E-state index contributed by atoms with van der Waals surface area (Å²) in [6, 6.07) is 59.6. The smallest absolute Gasteiger partial charge is 0.0462 e. The molecule has 0 unspecified atom stereocenters. The number of hydrogen-bond acceptors (Lipinski definition) is 2. The molecule has 2 nitrogen and oxygen atoms in total. The second kappa shape index (κ2) is 15.6. The van der Waals surface area contributed by atoms with Gasteiger partial charge in [0.25, 0.3) is 0 Å². The fraction of sp³-hybridized carbons (Fsp3) is 0.100. The lowest BCUT2D eigenvalue weighted by atomic mass is 10.0. The molecule has 0 aromatic heterocycles. The van der Waals surface area contributed by atoms with E-state index in [1.165, 1.54) is 11.1 Å². The summed E-state index contributed by atoms with van der Waals surface area (Å²) in [6.45, 7) is 8.00. The highest BCUT2D eigenvalue weighted by Crippen LogP contribution is 2.37. The molecule has 0 radical (unpaired) electrons. The number of para-hydroxylation sites is 4. The third kappa shape index (κ3) is 7.16. The minimum absolute atomic E-state index is 1.13. The van der Waals surface area contributed by atoms with Crippen molar-refractivity contribution >= 4 is 34.1 Å². The van der Waals surface area contributed by atoms with Gasteiger partial charge in [-0.3, -0.25) is 0 Å². The molecule has 0 N–H and O–H groups in total. The molecule has 0 aliphatic heterocycles. The van der Waals surface area contributed by atoms with Crippen LogP contribution in [0.5, 0.6) is 0 Å². The van der Waals surface area contributed by atoms with Crippen molar-refractivity contribution in [2.45, 2.75) is 27.7 Å². The highest BCUT2D eigenvalue weighted by atomic mass is 15.1. The predicted molar refractivity (Wildman–Crippen MR) is 184 cm³/mol. The first-order valence-corrected chi connectivity index (χ1v) is 14.9. The van der Waals surface area contributed by atoms with Gasteiger partial charge in [0.15, 0.2) is 0 Å². The maximum Gasteiger partial charge on any atom is 0.0462 e. The van der Waals surface area contributed by atoms with Crippen molar-refractivity contribution in [2.75, 3.05) is 9.80 Å². The average Bonchev–Trinajstić information content (AvgIpc) is 3.09. The Labute approximate surface area is 252 Å². The molecule has 0 heterocycles. The van der Waals surface area contributed by atoms with Gasteiger partial charge in [0.1, 0.15) is 0 Å². The Hall–Kier alpha value is -5.08. The first kappa shape index (κ1) is 29.9. The first-order valence-electron chi connectivity index (χ1n) is 14.9. The molecule has 6 rings (SSSR count). The van der Waals surface area contributed by atoms with Crippen LogP contribution in [0, 0.1) is 0 Å². The zero-order valence-electron chi connectivity index (χ0n) is 25.1. The Morgan fingerprint density at radius 2 is 0.429 bits per heavy atom. The lowest BCUT2D eigenvalue weighted by molar-refractivity contribution is 1.28. The lowest BCUT2D eigenvalue weighted by Crippen LogP contribution is -2.09. The Morgan fingerprint density at radius 1 is 0.238 bits per heavy atom. The summed E-state index contributed by atoms with van der Waals surface area (Å²) < 4.78 is 0. The van der Waals surface area contributed by atoms with Gasteiger partial charge in [0.2, 0.25) is 0 Å². The minimum atomic E-state index is 1.13. The molecular formula is C40H40N2. The fourth-order valence-corrected chi connectivity index (χ4v) is 4.81. The van der Waals surface area contributed by atoms with Crippen LogP contribution in [0.2, 0.25) is 0 Å². The Kier molecular flexibility index (Phi) is 11.1. The monoisotopic (exact) mass is 548 g/mol. The second-order valence-corrected chi connectivity index (χ2v) is 9.11. The van der Waals surface area contributed by atoms with Crippen LogP contribution in [0.1, 0.15) is 27.7 Å². The van der Waals surface area contributed by atoms with Crippen LogP contribution in [-0.4, -0.2) is 0 Å². The Balaban J connectivity index is 0.000000972. The van der Waals surface area contributed by atoms with Crippen LogP contribution < -0.4 is 9.80 Å². The summed E-state index contributed by atoms with van der Waals surface area (Å²) >= 11 is 0. The normalized spacial score (nSPS) is 9.90. The topological polar surface area (TPSA) is 6.48 Å². The molecule has 0 fully saturated rings. The van der Waals surface area contributed by atoms with Gasteiger partial charge >= 0.3 is 0 Å². The summed E-state index contributed by atoms with van der Waals surface area (Å²) in [4.78, 5) is 4.56. The number of anilines is 6. The van der Waals surface area contributed by atoms with Gasteiger partial charge in [0.05, 0.1) is 0 Å². The molecule has 0 amide bonds. The van der Waals surface area contributed by atoms with Crippen LogP contribution in [0.15, 0.2) is 170 Å². The van der Waals surface area contributed by atoms with Gasteiger partial charge in [-0.2, -0.15) is 0 Å². The third-order valence-electron chi connectivity index (χ3n) is 6.64. The van der Waals surface area contributed by atoms with E-state index in [0.717, 1.165) is 34.1 Å². The molecule has 2 heteroatoms. The van der Waals surface area contributed by atoms with E-state index in [1.807, 2.05) is 27.7 Å². The van der Waals surface area contributed by atoms with E-state index in [4.69, 9.17) is 0 Å². The second-order valence-electron chi connectivity index (χ2n) is 9.11. The van der Waals surface area contributed by atoms with Crippen LogP contribution >= 0.6 is 0 Å². The van der Waals surface area contributed by atoms with Crippen LogP contribution in [0.25, 0.3) is 11.1 Å². The summed E-state index contributed by atoms with van der Waals surface area (Å²) in [5, 5.41) is 0. The molecule has 42 heavy (non-hydrogen) atoms. The quantitative estimate of drug-likeness (QED) is 0.196. The molecule has 0 saturated heterocycles. The highest BCUT2D eigenvalue weighted by molar-refractivity contribution is 5.80. The van der Waals surface area contributed by atoms with Gasteiger partial charge in [0, 0.05) is 34.1 Å². The minimum Gasteiger partial charge on any atom is -0.311 e. The van der Waals surface area contributed by atoms with Crippen molar-refractivity contribution in [1.82, 2.24) is 0 Å². The van der Waals surface area contributed by atoms with Crippen molar-refractivity contribution in [3.8, 4) is 11.1 Å². The largest absolute Gasteiger partial charge is 0.311 e. The molecular weight excluding hydrogens is 508 g/mol. The number of hydrogen-bond donors (Lipinski definition) is 0. The molecule has 0 bridgehead atoms. The maximum absolute atomic E-state index is 2.28. The molecule has 6 aromatic carbocycles. The number of benzene rings is 6. The molecule has 0 spiro atoms. The van der Waals surface area contributed by atoms with E-state index in [0.29, 0.717) is 0 Å². The zero-order valence-corrected chi connectivity index (χ0v) is 25.1. The van der Waals surface area contributed by atoms with E-state index in [-0.39, 0.29) is 0 Å². The van der Waals surface area contributed by atoms with Crippen molar-refractivity contribution < 1.29 is 0 Å². The van der Waals surface area contributed by atoms with Gasteiger partial charge in [-0.1, -0.05) is 125 Å². The van der Waals surface area contributed by atoms with E-state index >= 15 is 0 Å². The van der Waals surface area contributed by atoms with Gasteiger partial charge in [-0.15, -0.1) is 0 Å². The molecule has 210 valence electrons. The van der Waals surface area contributed by atoms with Gasteiger partial charge in [-0.25, -0.2) is 0 Å². The zero-order chi connectivity index (χ0) is 29.6. The summed E-state index contributed by atoms with van der Waals surface area (Å²) in [6.07, 6.45) is 0. The molecule has 6 aromatic rings. The lowest BCUT2D eigenvalue weighted by Gasteiger charge is -2.26. The molecule has 0 aliphatic rings. The van der Waals surface area contributed by atoms with Gasteiger partial charge < -0.3 is 9.80 Å². The van der Waals surface area contributed by atoms with Crippen molar-refractivity contribution in [3.05, 3.63) is 170 Å². The average molecular weight is 549 g/mol. The van der Waals surface area contributed by atoms with E-state index < -0.39 is 0 Å². The third-order valence-corrected chi connectivity index (χ3v) is 6.64. The highest BCUT2D eigenvalue weighted by Gasteiger charge is 2.14. The SMILES string of the molecule is CC.CC.c1ccc(N(c2ccccc2)c2ccc(-c3ccc(N(c4ccccc4)c4ccccc4)cc3)cc2)cc1. The summed E-state index contributed by atoms with van der Waals surface area (Å²) in [5.74, 6) is 0. The van der Waals surface area contributed by atoms with Crippen molar-refractivity contribution in [2.24, 2.45) is 0 Å². The summed E-state index contributed by atoms with van der Waals surface area (Å²) in [5.41, 5.74) is 9.18. The Bertz CT molecular complexity index is 1360. The molecule has 0 aliphatic carbocycles. The number of rotatable bonds is 7. The molecule has 0 atom stereocenters. The van der Waals surface area contributed by atoms with Crippen molar-refractivity contribution in [1.29, 1.82) is 0 Å². The van der Waals surface area contributed by atoms with E-state index in [9.17, 15) is 0 Å². The fourth-order valence-electron chi connectivity index (χ4n) is 4.81. The maximum atomic E-state index is 2.28. The van der Waals surface area contributed by atoms with E-state index in [1.54, 1.807) is 0 Å². The van der Waals surface area contributed by atoms with Crippen LogP contribution in [0.4, 0.5) is 34.1 Å². The van der Waals surface area contributed by atoms with E-state index in [2.05, 4.69) is 180 Å². The van der Waals surface area contributed by atoms with Crippen molar-refractivity contribution in [3.63, 3.8) is 0 Å². The van der Waals surface area contributed by atoms with Crippen LogP contribution in [0.3, 0.4) is 0 Å². The summed E-state index contributed by atoms with van der Waals surface area (Å²) in [7, 11) is 0. The predicted octanol–water partition coefficient (Wildman–Crippen LogP) is 12.3. The number of nitrogens with zero attached hydrogens (tertiary/aromatic N) is 2.